The van der Waals surface area contributed by atoms with E-state index in [0.717, 1.165) is 11.1 Å². The molecule has 3 aromatic rings. The number of ether oxygens (including phenoxy) is 1. The van der Waals surface area contributed by atoms with Gasteiger partial charge in [-0.1, -0.05) is 30.3 Å². The average molecular weight is 392 g/mol. The van der Waals surface area contributed by atoms with Gasteiger partial charge in [0.15, 0.2) is 0 Å². The summed E-state index contributed by atoms with van der Waals surface area (Å²) >= 11 is 0. The van der Waals surface area contributed by atoms with Gasteiger partial charge >= 0.3 is 5.97 Å². The minimum atomic E-state index is -0.524. The Bertz CT molecular complexity index is 1030. The van der Waals surface area contributed by atoms with Crippen LogP contribution in [-0.4, -0.2) is 27.8 Å². The molecule has 0 amide bonds. The Labute approximate surface area is 167 Å². The third-order valence-electron chi connectivity index (χ3n) is 4.31. The lowest BCUT2D eigenvalue weighted by Crippen LogP contribution is -2.08. The van der Waals surface area contributed by atoms with Gasteiger partial charge < -0.3 is 10.1 Å². The summed E-state index contributed by atoms with van der Waals surface area (Å²) in [5, 5.41) is 18.9. The molecule has 1 heterocycles. The molecule has 0 saturated heterocycles. The summed E-state index contributed by atoms with van der Waals surface area (Å²) in [7, 11) is 1.27. The van der Waals surface area contributed by atoms with E-state index in [0.29, 0.717) is 24.3 Å². The third kappa shape index (κ3) is 5.29. The van der Waals surface area contributed by atoms with E-state index >= 15 is 0 Å². The van der Waals surface area contributed by atoms with Crippen molar-refractivity contribution in [1.29, 1.82) is 0 Å². The Kier molecular flexibility index (Phi) is 6.36. The molecule has 0 atom stereocenters. The zero-order valence-corrected chi connectivity index (χ0v) is 15.8. The molecular weight excluding hydrogens is 372 g/mol. The van der Waals surface area contributed by atoms with Crippen molar-refractivity contribution in [2.24, 2.45) is 0 Å². The number of nitrogens with one attached hydrogen (secondary N) is 1. The first-order chi connectivity index (χ1) is 14.1. The lowest BCUT2D eigenvalue weighted by atomic mass is 10.1. The van der Waals surface area contributed by atoms with Crippen molar-refractivity contribution in [3.05, 3.63) is 93.8 Å². The van der Waals surface area contributed by atoms with E-state index in [-0.39, 0.29) is 5.69 Å². The number of anilines is 1. The topological polar surface area (TPSA) is 99.3 Å². The van der Waals surface area contributed by atoms with Gasteiger partial charge in [-0.3, -0.25) is 14.8 Å². The van der Waals surface area contributed by atoms with Crippen LogP contribution in [0.25, 0.3) is 6.08 Å². The molecule has 1 N–H and O–H groups in total. The van der Waals surface area contributed by atoms with Crippen molar-refractivity contribution in [2.45, 2.75) is 13.1 Å². The van der Waals surface area contributed by atoms with E-state index in [1.807, 2.05) is 41.2 Å². The molecule has 0 aliphatic heterocycles. The quantitative estimate of drug-likeness (QED) is 0.272. The molecule has 0 spiro atoms. The maximum atomic E-state index is 11.5. The predicted octanol–water partition coefficient (Wildman–Crippen LogP) is 3.64. The van der Waals surface area contributed by atoms with E-state index in [2.05, 4.69) is 15.2 Å². The highest BCUT2D eigenvalue weighted by Crippen LogP contribution is 2.27. The summed E-state index contributed by atoms with van der Waals surface area (Å²) in [5.74, 6) is -0.524. The van der Waals surface area contributed by atoms with Crippen molar-refractivity contribution in [3.8, 4) is 0 Å². The predicted molar refractivity (Wildman–Crippen MR) is 109 cm³/mol. The second-order valence-corrected chi connectivity index (χ2v) is 6.22. The first-order valence-electron chi connectivity index (χ1n) is 8.89. The lowest BCUT2D eigenvalue weighted by Gasteiger charge is -2.12. The molecule has 0 radical (unpaired) electrons. The van der Waals surface area contributed by atoms with E-state index in [9.17, 15) is 14.9 Å². The van der Waals surface area contributed by atoms with Crippen molar-refractivity contribution in [1.82, 2.24) is 9.78 Å². The number of carbonyl (C=O) groups is 1. The van der Waals surface area contributed by atoms with Crippen LogP contribution in [0.3, 0.4) is 0 Å². The molecule has 0 bridgehead atoms. The van der Waals surface area contributed by atoms with Gasteiger partial charge in [-0.2, -0.15) is 5.10 Å². The maximum absolute atomic E-state index is 11.5. The molecule has 0 aliphatic carbocycles. The van der Waals surface area contributed by atoms with Crippen LogP contribution in [0.15, 0.2) is 67.0 Å². The molecule has 0 saturated carbocycles. The molecule has 148 valence electrons. The first kappa shape index (κ1) is 19.8. The summed E-state index contributed by atoms with van der Waals surface area (Å²) in [6, 6.07) is 14.5. The fourth-order valence-electron chi connectivity index (χ4n) is 2.83. The standard InChI is InChI=1S/C21H20N4O4/c1-29-21(26)10-8-16-7-9-19(20(13-16)25(27)28)22-14-17-5-2-3-6-18(17)15-24-12-4-11-23-24/h2-13,22H,14-15H2,1H3/b10-8+. The number of hydrogen-bond acceptors (Lipinski definition) is 6. The number of hydrogen-bond donors (Lipinski definition) is 1. The Morgan fingerprint density at radius 2 is 2.03 bits per heavy atom. The molecule has 2 aromatic carbocycles. The average Bonchev–Trinajstić information content (AvgIpc) is 3.24. The Balaban J connectivity index is 1.78. The number of esters is 1. The van der Waals surface area contributed by atoms with Crippen LogP contribution < -0.4 is 5.32 Å². The van der Waals surface area contributed by atoms with Crippen molar-refractivity contribution in [3.63, 3.8) is 0 Å². The van der Waals surface area contributed by atoms with Gasteiger partial charge in [0, 0.05) is 31.1 Å². The summed E-state index contributed by atoms with van der Waals surface area (Å²) in [5.41, 5.74) is 2.96. The van der Waals surface area contributed by atoms with E-state index in [4.69, 9.17) is 0 Å². The Morgan fingerprint density at radius 3 is 2.72 bits per heavy atom. The lowest BCUT2D eigenvalue weighted by molar-refractivity contribution is -0.384. The molecule has 1 aromatic heterocycles. The first-order valence-corrected chi connectivity index (χ1v) is 8.89. The number of aromatic nitrogens is 2. The molecule has 0 unspecified atom stereocenters. The van der Waals surface area contributed by atoms with Crippen LogP contribution in [0.2, 0.25) is 0 Å². The largest absolute Gasteiger partial charge is 0.466 e. The molecule has 29 heavy (non-hydrogen) atoms. The molecule has 8 heteroatoms. The summed E-state index contributed by atoms with van der Waals surface area (Å²) in [6.07, 6.45) is 6.30. The molecule has 8 nitrogen and oxygen atoms in total. The SMILES string of the molecule is COC(=O)/C=C/c1ccc(NCc2ccccc2Cn2cccn2)c([N+](=O)[O-])c1. The van der Waals surface area contributed by atoms with Gasteiger partial charge in [-0.25, -0.2) is 4.79 Å². The van der Waals surface area contributed by atoms with Crippen LogP contribution in [0.4, 0.5) is 11.4 Å². The summed E-state index contributed by atoms with van der Waals surface area (Å²) in [4.78, 5) is 22.3. The van der Waals surface area contributed by atoms with Crippen LogP contribution in [0, 0.1) is 10.1 Å². The number of nitrogens with zero attached hydrogens (tertiary/aromatic N) is 3. The van der Waals surface area contributed by atoms with Gasteiger partial charge in [-0.15, -0.1) is 0 Å². The number of nitro groups is 1. The van der Waals surface area contributed by atoms with Crippen LogP contribution >= 0.6 is 0 Å². The molecule has 0 aliphatic rings. The van der Waals surface area contributed by atoms with Crippen molar-refractivity contribution < 1.29 is 14.5 Å². The number of benzene rings is 2. The smallest absolute Gasteiger partial charge is 0.330 e. The van der Waals surface area contributed by atoms with Gasteiger partial charge in [0.05, 0.1) is 18.6 Å². The van der Waals surface area contributed by atoms with Crippen LogP contribution in [0.5, 0.6) is 0 Å². The van der Waals surface area contributed by atoms with Crippen molar-refractivity contribution >= 4 is 23.4 Å². The minimum absolute atomic E-state index is 0.0680. The fraction of sp³-hybridized carbons (Fsp3) is 0.143. The summed E-state index contributed by atoms with van der Waals surface area (Å²) < 4.78 is 6.35. The zero-order valence-electron chi connectivity index (χ0n) is 15.8. The van der Waals surface area contributed by atoms with Gasteiger partial charge in [0.25, 0.3) is 5.69 Å². The number of methoxy groups -OCH3 is 1. The normalized spacial score (nSPS) is 10.8. The van der Waals surface area contributed by atoms with E-state index in [1.165, 1.54) is 25.3 Å². The van der Waals surface area contributed by atoms with Gasteiger partial charge in [0.1, 0.15) is 5.69 Å². The van der Waals surface area contributed by atoms with E-state index < -0.39 is 10.9 Å². The highest BCUT2D eigenvalue weighted by Gasteiger charge is 2.14. The number of nitro benzene ring substituents is 1. The number of rotatable bonds is 8. The molecular formula is C21H20N4O4. The number of carbonyl (C=O) groups excluding carboxylic acids is 1. The Morgan fingerprint density at radius 1 is 1.24 bits per heavy atom. The second kappa shape index (κ2) is 9.32. The van der Waals surface area contributed by atoms with Gasteiger partial charge in [-0.05, 0) is 34.9 Å². The van der Waals surface area contributed by atoms with Crippen LogP contribution in [0.1, 0.15) is 16.7 Å². The molecule has 3 rings (SSSR count). The van der Waals surface area contributed by atoms with Crippen molar-refractivity contribution in [2.75, 3.05) is 12.4 Å². The highest BCUT2D eigenvalue weighted by molar-refractivity contribution is 5.87. The molecule has 0 fully saturated rings. The maximum Gasteiger partial charge on any atom is 0.330 e. The third-order valence-corrected chi connectivity index (χ3v) is 4.31. The highest BCUT2D eigenvalue weighted by atomic mass is 16.6. The van der Waals surface area contributed by atoms with Crippen LogP contribution in [-0.2, 0) is 22.6 Å². The van der Waals surface area contributed by atoms with E-state index in [1.54, 1.807) is 18.3 Å². The minimum Gasteiger partial charge on any atom is -0.466 e. The Hall–Kier alpha value is -3.94. The zero-order chi connectivity index (χ0) is 20.6. The monoisotopic (exact) mass is 392 g/mol. The van der Waals surface area contributed by atoms with Gasteiger partial charge in [0.2, 0.25) is 0 Å². The second-order valence-electron chi connectivity index (χ2n) is 6.22. The summed E-state index contributed by atoms with van der Waals surface area (Å²) in [6.45, 7) is 1.04. The fourth-order valence-corrected chi connectivity index (χ4v) is 2.83.